The Labute approximate surface area is 109 Å². The van der Waals surface area contributed by atoms with Gasteiger partial charge in [-0.3, -0.25) is 0 Å². The second-order valence-electron chi connectivity index (χ2n) is 3.65. The first-order valence-electron chi connectivity index (χ1n) is 4.76. The van der Waals surface area contributed by atoms with E-state index in [2.05, 4.69) is 35.9 Å². The Hall–Kier alpha value is 0.0200. The summed E-state index contributed by atoms with van der Waals surface area (Å²) >= 11 is 15.5. The molecule has 0 unspecified atom stereocenters. The maximum absolute atomic E-state index is 6.11. The summed E-state index contributed by atoms with van der Waals surface area (Å²) in [5, 5.41) is 2.08. The van der Waals surface area contributed by atoms with Gasteiger partial charge in [-0.05, 0) is 17.5 Å². The van der Waals surface area contributed by atoms with Crippen LogP contribution in [0.25, 0.3) is 6.08 Å². The molecule has 1 aromatic rings. The molecule has 0 aliphatic rings. The van der Waals surface area contributed by atoms with Gasteiger partial charge in [-0.2, -0.15) is 0 Å². The number of benzene rings is 1. The van der Waals surface area contributed by atoms with E-state index in [4.69, 9.17) is 23.2 Å². The highest BCUT2D eigenvalue weighted by Gasteiger charge is 2.05. The van der Waals surface area contributed by atoms with Crippen LogP contribution in [0, 0.1) is 5.92 Å². The van der Waals surface area contributed by atoms with Crippen LogP contribution in [0.5, 0.6) is 0 Å². The quantitative estimate of drug-likeness (QED) is 0.653. The fraction of sp³-hybridized carbons (Fsp3) is 0.333. The molecule has 1 aromatic carbocycles. The standard InChI is InChI=1S/C12H13BrCl2/c1-8(2)10(7-13)6-9-4-3-5-11(14)12(9)15/h3-6,8H,7H2,1-2H3. The van der Waals surface area contributed by atoms with Crippen LogP contribution >= 0.6 is 39.1 Å². The van der Waals surface area contributed by atoms with E-state index in [1.54, 1.807) is 6.07 Å². The van der Waals surface area contributed by atoms with Crippen molar-refractivity contribution in [2.45, 2.75) is 13.8 Å². The van der Waals surface area contributed by atoms with Crippen molar-refractivity contribution in [2.75, 3.05) is 5.33 Å². The summed E-state index contributed by atoms with van der Waals surface area (Å²) in [7, 11) is 0. The Kier molecular flexibility index (Phi) is 5.17. The van der Waals surface area contributed by atoms with E-state index in [0.29, 0.717) is 16.0 Å². The van der Waals surface area contributed by atoms with Crippen LogP contribution in [0.4, 0.5) is 0 Å². The molecule has 0 N–H and O–H groups in total. The highest BCUT2D eigenvalue weighted by atomic mass is 79.9. The summed E-state index contributed by atoms with van der Waals surface area (Å²) in [4.78, 5) is 0. The average Bonchev–Trinajstić information content (AvgIpc) is 2.19. The van der Waals surface area contributed by atoms with Gasteiger partial charge >= 0.3 is 0 Å². The lowest BCUT2D eigenvalue weighted by atomic mass is 10.0. The Morgan fingerprint density at radius 2 is 2.07 bits per heavy atom. The minimum atomic E-state index is 0.499. The first-order valence-corrected chi connectivity index (χ1v) is 6.64. The molecule has 3 heteroatoms. The third kappa shape index (κ3) is 3.51. The highest BCUT2D eigenvalue weighted by Crippen LogP contribution is 2.28. The Bertz CT molecular complexity index is 370. The molecule has 0 saturated heterocycles. The first-order chi connectivity index (χ1) is 7.06. The largest absolute Gasteiger partial charge is 0.0880 e. The van der Waals surface area contributed by atoms with Gasteiger partial charge in [0.05, 0.1) is 10.0 Å². The van der Waals surface area contributed by atoms with E-state index in [0.717, 1.165) is 10.9 Å². The van der Waals surface area contributed by atoms with Crippen molar-refractivity contribution in [1.29, 1.82) is 0 Å². The van der Waals surface area contributed by atoms with E-state index in [-0.39, 0.29) is 0 Å². The van der Waals surface area contributed by atoms with Crippen LogP contribution in [-0.4, -0.2) is 5.33 Å². The number of halogens is 3. The first kappa shape index (κ1) is 13.1. The fourth-order valence-corrected chi connectivity index (χ4v) is 2.36. The molecule has 0 heterocycles. The van der Waals surface area contributed by atoms with Crippen molar-refractivity contribution in [2.24, 2.45) is 5.92 Å². The van der Waals surface area contributed by atoms with Gasteiger partial charge in [-0.25, -0.2) is 0 Å². The van der Waals surface area contributed by atoms with E-state index < -0.39 is 0 Å². The number of alkyl halides is 1. The summed E-state index contributed by atoms with van der Waals surface area (Å²) in [5.41, 5.74) is 2.28. The molecule has 0 fully saturated rings. The Morgan fingerprint density at radius 3 is 2.60 bits per heavy atom. The van der Waals surface area contributed by atoms with Gasteiger partial charge in [0.15, 0.2) is 0 Å². The van der Waals surface area contributed by atoms with Crippen LogP contribution in [-0.2, 0) is 0 Å². The highest BCUT2D eigenvalue weighted by molar-refractivity contribution is 9.09. The van der Waals surface area contributed by atoms with Crippen LogP contribution in [0.15, 0.2) is 23.8 Å². The van der Waals surface area contributed by atoms with Crippen molar-refractivity contribution in [3.8, 4) is 0 Å². The predicted molar refractivity (Wildman–Crippen MR) is 73.1 cm³/mol. The second kappa shape index (κ2) is 5.93. The minimum absolute atomic E-state index is 0.499. The second-order valence-corrected chi connectivity index (χ2v) is 5.00. The molecule has 1 rings (SSSR count). The van der Waals surface area contributed by atoms with E-state index in [9.17, 15) is 0 Å². The monoisotopic (exact) mass is 306 g/mol. The zero-order valence-corrected chi connectivity index (χ0v) is 11.8. The van der Waals surface area contributed by atoms with E-state index in [1.807, 2.05) is 12.1 Å². The zero-order chi connectivity index (χ0) is 11.4. The van der Waals surface area contributed by atoms with Gasteiger partial charge < -0.3 is 0 Å². The molecule has 15 heavy (non-hydrogen) atoms. The van der Waals surface area contributed by atoms with Crippen molar-refractivity contribution in [3.05, 3.63) is 39.4 Å². The van der Waals surface area contributed by atoms with Crippen LogP contribution < -0.4 is 0 Å². The summed E-state index contributed by atoms with van der Waals surface area (Å²) in [6.07, 6.45) is 2.09. The van der Waals surface area contributed by atoms with Crippen molar-refractivity contribution in [3.63, 3.8) is 0 Å². The molecule has 0 spiro atoms. The number of allylic oxidation sites excluding steroid dienone is 1. The van der Waals surface area contributed by atoms with Crippen molar-refractivity contribution >= 4 is 45.2 Å². The maximum Gasteiger partial charge on any atom is 0.0664 e. The molecule has 82 valence electrons. The molecule has 0 aliphatic carbocycles. The van der Waals surface area contributed by atoms with Crippen LogP contribution in [0.2, 0.25) is 10.0 Å². The van der Waals surface area contributed by atoms with E-state index >= 15 is 0 Å². The topological polar surface area (TPSA) is 0 Å². The van der Waals surface area contributed by atoms with Crippen LogP contribution in [0.3, 0.4) is 0 Å². The SMILES string of the molecule is CC(C)C(=Cc1cccc(Cl)c1Cl)CBr. The molecular formula is C12H13BrCl2. The smallest absolute Gasteiger partial charge is 0.0664 e. The summed E-state index contributed by atoms with van der Waals surface area (Å²) in [5.74, 6) is 0.499. The maximum atomic E-state index is 6.11. The minimum Gasteiger partial charge on any atom is -0.0880 e. The molecule has 0 atom stereocenters. The Morgan fingerprint density at radius 1 is 1.40 bits per heavy atom. The molecular weight excluding hydrogens is 295 g/mol. The lowest BCUT2D eigenvalue weighted by Gasteiger charge is -2.09. The summed E-state index contributed by atoms with van der Waals surface area (Å²) < 4.78 is 0. The van der Waals surface area contributed by atoms with Gasteiger partial charge in [-0.15, -0.1) is 0 Å². The van der Waals surface area contributed by atoms with Gasteiger partial charge in [0.25, 0.3) is 0 Å². The van der Waals surface area contributed by atoms with Crippen LogP contribution in [0.1, 0.15) is 19.4 Å². The third-order valence-electron chi connectivity index (χ3n) is 2.22. The predicted octanol–water partition coefficient (Wildman–Crippen LogP) is 5.43. The molecule has 0 saturated carbocycles. The van der Waals surface area contributed by atoms with Gasteiger partial charge in [0.2, 0.25) is 0 Å². The third-order valence-corrected chi connectivity index (χ3v) is 3.70. The molecule has 0 aliphatic heterocycles. The summed E-state index contributed by atoms with van der Waals surface area (Å²) in [6.45, 7) is 4.32. The normalized spacial score (nSPS) is 12.3. The van der Waals surface area contributed by atoms with Crippen molar-refractivity contribution < 1.29 is 0 Å². The average molecular weight is 308 g/mol. The van der Waals surface area contributed by atoms with Gasteiger partial charge in [0.1, 0.15) is 0 Å². The zero-order valence-electron chi connectivity index (χ0n) is 8.73. The molecule has 0 nitrogen and oxygen atoms in total. The number of hydrogen-bond donors (Lipinski definition) is 0. The number of hydrogen-bond acceptors (Lipinski definition) is 0. The molecule has 0 aromatic heterocycles. The molecule has 0 amide bonds. The molecule has 0 bridgehead atoms. The van der Waals surface area contributed by atoms with E-state index in [1.165, 1.54) is 5.57 Å². The lowest BCUT2D eigenvalue weighted by molar-refractivity contribution is 0.781. The lowest BCUT2D eigenvalue weighted by Crippen LogP contribution is -1.95. The van der Waals surface area contributed by atoms with Gasteiger partial charge in [-0.1, -0.05) is 76.8 Å². The van der Waals surface area contributed by atoms with Gasteiger partial charge in [0, 0.05) is 5.33 Å². The summed E-state index contributed by atoms with van der Waals surface area (Å²) in [6, 6.07) is 5.68. The number of rotatable bonds is 3. The molecule has 0 radical (unpaired) electrons. The van der Waals surface area contributed by atoms with Crippen molar-refractivity contribution in [1.82, 2.24) is 0 Å². The fourth-order valence-electron chi connectivity index (χ4n) is 1.19. The Balaban J connectivity index is 3.11.